The van der Waals surface area contributed by atoms with Gasteiger partial charge in [-0.3, -0.25) is 4.79 Å². The molecular formula is C28H41N3O2. The predicted octanol–water partition coefficient (Wildman–Crippen LogP) is 5.70. The second-order valence-corrected chi connectivity index (χ2v) is 9.22. The molecule has 1 atom stereocenters. The average molecular weight is 452 g/mol. The van der Waals surface area contributed by atoms with E-state index in [-0.39, 0.29) is 6.03 Å². The number of rotatable bonds is 7. The van der Waals surface area contributed by atoms with Crippen molar-refractivity contribution < 1.29 is 9.59 Å². The molecule has 5 nitrogen and oxygen atoms in total. The Hall–Kier alpha value is -2.82. The molecule has 0 aliphatic carbocycles. The van der Waals surface area contributed by atoms with Crippen LogP contribution in [0.4, 0.5) is 4.79 Å². The summed E-state index contributed by atoms with van der Waals surface area (Å²) in [6.07, 6.45) is 6.17. The monoisotopic (exact) mass is 451 g/mol. The van der Waals surface area contributed by atoms with E-state index in [4.69, 9.17) is 5.73 Å². The number of benzene rings is 2. The molecule has 1 aliphatic rings. The molecular weight excluding hydrogens is 410 g/mol. The second-order valence-electron chi connectivity index (χ2n) is 9.22. The molecule has 1 saturated heterocycles. The van der Waals surface area contributed by atoms with Crippen molar-refractivity contribution in [1.82, 2.24) is 10.2 Å². The van der Waals surface area contributed by atoms with Crippen molar-refractivity contribution in [3.8, 4) is 0 Å². The van der Waals surface area contributed by atoms with Crippen LogP contribution in [-0.2, 0) is 4.79 Å². The smallest absolute Gasteiger partial charge is 0.318 e. The molecule has 180 valence electrons. The number of hydrogen-bond acceptors (Lipinski definition) is 2. The van der Waals surface area contributed by atoms with E-state index in [0.717, 1.165) is 32.4 Å². The third-order valence-corrected chi connectivity index (χ3v) is 6.05. The van der Waals surface area contributed by atoms with Crippen molar-refractivity contribution in [1.29, 1.82) is 0 Å². The number of nitrogens with zero attached hydrogens (tertiary/aromatic N) is 1. The van der Waals surface area contributed by atoms with Gasteiger partial charge in [-0.15, -0.1) is 0 Å². The topological polar surface area (TPSA) is 75.4 Å². The van der Waals surface area contributed by atoms with Gasteiger partial charge in [-0.2, -0.15) is 0 Å². The van der Waals surface area contributed by atoms with Gasteiger partial charge in [0.2, 0.25) is 5.91 Å². The number of amides is 3. The first-order valence-corrected chi connectivity index (χ1v) is 12.4. The van der Waals surface area contributed by atoms with Crippen molar-refractivity contribution in [3.63, 3.8) is 0 Å². The van der Waals surface area contributed by atoms with Gasteiger partial charge in [-0.25, -0.2) is 4.79 Å². The van der Waals surface area contributed by atoms with Crippen molar-refractivity contribution in [3.05, 3.63) is 71.8 Å². The molecule has 3 amide bonds. The molecule has 0 bridgehead atoms. The van der Waals surface area contributed by atoms with Crippen LogP contribution in [0.25, 0.3) is 0 Å². The molecule has 5 heteroatoms. The first-order chi connectivity index (χ1) is 15.9. The summed E-state index contributed by atoms with van der Waals surface area (Å²) in [6, 6.07) is 20.7. The van der Waals surface area contributed by atoms with Crippen molar-refractivity contribution >= 4 is 11.9 Å². The summed E-state index contributed by atoms with van der Waals surface area (Å²) in [5.74, 6) is 0.409. The zero-order valence-corrected chi connectivity index (χ0v) is 20.5. The summed E-state index contributed by atoms with van der Waals surface area (Å²) in [4.78, 5) is 25.2. The lowest BCUT2D eigenvalue weighted by Crippen LogP contribution is -2.50. The lowest BCUT2D eigenvalue weighted by molar-refractivity contribution is -0.120. The molecule has 1 aliphatic heterocycles. The Labute approximate surface area is 199 Å². The molecule has 0 unspecified atom stereocenters. The van der Waals surface area contributed by atoms with Gasteiger partial charge in [0.1, 0.15) is 6.04 Å². The molecule has 1 fully saturated rings. The van der Waals surface area contributed by atoms with E-state index >= 15 is 0 Å². The van der Waals surface area contributed by atoms with Gasteiger partial charge in [0.15, 0.2) is 0 Å². The van der Waals surface area contributed by atoms with Crippen LogP contribution in [0, 0.1) is 5.92 Å². The average Bonchev–Trinajstić information content (AvgIpc) is 3.10. The summed E-state index contributed by atoms with van der Waals surface area (Å²) < 4.78 is 0. The quantitative estimate of drug-likeness (QED) is 0.566. The van der Waals surface area contributed by atoms with Gasteiger partial charge in [0.25, 0.3) is 0 Å². The van der Waals surface area contributed by atoms with E-state index in [0.29, 0.717) is 18.3 Å². The van der Waals surface area contributed by atoms with Crippen molar-refractivity contribution in [2.24, 2.45) is 11.7 Å². The Balaban J connectivity index is 0.000000237. The maximum Gasteiger partial charge on any atom is 0.318 e. The molecule has 3 N–H and O–H groups in total. The number of likely N-dealkylation sites (tertiary alicyclic amines) is 1. The molecule has 0 radical (unpaired) electrons. The minimum atomic E-state index is -0.555. The van der Waals surface area contributed by atoms with Gasteiger partial charge >= 0.3 is 6.03 Å². The van der Waals surface area contributed by atoms with Crippen LogP contribution in [0.3, 0.4) is 0 Å². The number of nitrogens with two attached hydrogens (primary N) is 1. The highest BCUT2D eigenvalue weighted by atomic mass is 16.2. The Bertz CT molecular complexity index is 776. The number of urea groups is 1. The van der Waals surface area contributed by atoms with Crippen LogP contribution in [0.1, 0.15) is 76.3 Å². The first kappa shape index (κ1) is 26.4. The van der Waals surface area contributed by atoms with Crippen LogP contribution in [0.5, 0.6) is 0 Å². The zero-order chi connectivity index (χ0) is 24.1. The highest BCUT2D eigenvalue weighted by Crippen LogP contribution is 2.27. The third-order valence-electron chi connectivity index (χ3n) is 6.05. The van der Waals surface area contributed by atoms with Gasteiger partial charge < -0.3 is 16.0 Å². The SMILES string of the molecule is CC(C)C[C@H](NC(=O)N1CCCCCC1)C(N)=O.CCC(c1ccccc1)c1ccccc1. The van der Waals surface area contributed by atoms with E-state index in [2.05, 4.69) is 72.9 Å². The van der Waals surface area contributed by atoms with E-state index in [1.807, 2.05) is 13.8 Å². The standard InChI is InChI=1S/C15H16.C13H25N3O2/c1-2-15(13-9-5-3-6-10-13)14-11-7-4-8-12-14;1-10(2)9-11(12(14)17)15-13(18)16-7-5-3-4-6-8-16/h3-12,15H,2H2,1H3;10-11H,3-9H2,1-2H3,(H2,14,17)(H,15,18)/t;11-/m.0/s1. The van der Waals surface area contributed by atoms with Gasteiger partial charge in [-0.1, -0.05) is 94.3 Å². The molecule has 3 rings (SSSR count). The highest BCUT2D eigenvalue weighted by molar-refractivity contribution is 5.85. The summed E-state index contributed by atoms with van der Waals surface area (Å²) in [5.41, 5.74) is 8.14. The lowest BCUT2D eigenvalue weighted by atomic mass is 9.89. The summed E-state index contributed by atoms with van der Waals surface area (Å²) in [5, 5.41) is 2.76. The van der Waals surface area contributed by atoms with E-state index in [1.54, 1.807) is 4.90 Å². The molecule has 2 aromatic rings. The van der Waals surface area contributed by atoms with Gasteiger partial charge in [0, 0.05) is 19.0 Å². The van der Waals surface area contributed by atoms with E-state index < -0.39 is 11.9 Å². The third kappa shape index (κ3) is 9.29. The van der Waals surface area contributed by atoms with E-state index in [9.17, 15) is 9.59 Å². The van der Waals surface area contributed by atoms with Crippen LogP contribution in [-0.4, -0.2) is 36.0 Å². The fraction of sp³-hybridized carbons (Fsp3) is 0.500. The number of carbonyl (C=O) groups is 2. The normalized spacial score (nSPS) is 14.8. The Morgan fingerprint density at radius 1 is 0.879 bits per heavy atom. The number of hydrogen-bond donors (Lipinski definition) is 2. The van der Waals surface area contributed by atoms with Crippen molar-refractivity contribution in [2.45, 2.75) is 71.3 Å². The minimum absolute atomic E-state index is 0.152. The Morgan fingerprint density at radius 3 is 1.76 bits per heavy atom. The number of carbonyl (C=O) groups excluding carboxylic acids is 2. The maximum atomic E-state index is 12.1. The summed E-state index contributed by atoms with van der Waals surface area (Å²) >= 11 is 0. The maximum absolute atomic E-state index is 12.1. The molecule has 0 aromatic heterocycles. The first-order valence-electron chi connectivity index (χ1n) is 12.4. The molecule has 0 spiro atoms. The predicted molar refractivity (Wildman–Crippen MR) is 136 cm³/mol. The Kier molecular flexibility index (Phi) is 11.5. The van der Waals surface area contributed by atoms with Gasteiger partial charge in [0.05, 0.1) is 0 Å². The number of primary amides is 1. The van der Waals surface area contributed by atoms with Crippen LogP contribution < -0.4 is 11.1 Å². The molecule has 0 saturated carbocycles. The fourth-order valence-electron chi connectivity index (χ4n) is 4.27. The minimum Gasteiger partial charge on any atom is -0.368 e. The fourth-order valence-corrected chi connectivity index (χ4v) is 4.27. The van der Waals surface area contributed by atoms with Crippen LogP contribution >= 0.6 is 0 Å². The lowest BCUT2D eigenvalue weighted by Gasteiger charge is -2.24. The van der Waals surface area contributed by atoms with E-state index in [1.165, 1.54) is 24.0 Å². The second kappa shape index (κ2) is 14.4. The van der Waals surface area contributed by atoms with Crippen LogP contribution in [0.15, 0.2) is 60.7 Å². The zero-order valence-electron chi connectivity index (χ0n) is 20.5. The van der Waals surface area contributed by atoms with Crippen molar-refractivity contribution in [2.75, 3.05) is 13.1 Å². The van der Waals surface area contributed by atoms with Crippen LogP contribution in [0.2, 0.25) is 0 Å². The molecule has 33 heavy (non-hydrogen) atoms. The largest absolute Gasteiger partial charge is 0.368 e. The summed E-state index contributed by atoms with van der Waals surface area (Å²) in [6.45, 7) is 7.81. The summed E-state index contributed by atoms with van der Waals surface area (Å²) in [7, 11) is 0. The highest BCUT2D eigenvalue weighted by Gasteiger charge is 2.23. The Morgan fingerprint density at radius 2 is 1.36 bits per heavy atom. The number of nitrogens with one attached hydrogen (secondary N) is 1. The van der Waals surface area contributed by atoms with Gasteiger partial charge in [-0.05, 0) is 42.7 Å². The molecule has 1 heterocycles. The molecule has 2 aromatic carbocycles.